The van der Waals surface area contributed by atoms with Gasteiger partial charge in [0.25, 0.3) is 10.0 Å². The number of benzene rings is 2. The average molecular weight is 387 g/mol. The van der Waals surface area contributed by atoms with Crippen molar-refractivity contribution in [2.45, 2.75) is 23.6 Å². The number of methoxy groups -OCH3 is 1. The molecule has 1 N–H and O–H groups in total. The standard InChI is InChI=1S/C17H16F3NO4S/c1-25-14-6-5-11-7-13(22)10-21(16(11)9-14)26(23,24)15-4-2-3-12(8-15)17(18,19)20/h2-6,8-9,13,22H,7,10H2,1H3/t13-/m1/s1. The number of aliphatic hydroxyl groups excluding tert-OH is 1. The van der Waals surface area contributed by atoms with Crippen LogP contribution in [0.15, 0.2) is 47.4 Å². The normalized spacial score (nSPS) is 17.7. The molecule has 5 nitrogen and oxygen atoms in total. The second-order valence-electron chi connectivity index (χ2n) is 5.91. The lowest BCUT2D eigenvalue weighted by molar-refractivity contribution is -0.137. The second kappa shape index (κ2) is 6.48. The molecule has 140 valence electrons. The highest BCUT2D eigenvalue weighted by Gasteiger charge is 2.36. The fourth-order valence-electron chi connectivity index (χ4n) is 2.87. The van der Waals surface area contributed by atoms with E-state index < -0.39 is 32.8 Å². The molecule has 0 bridgehead atoms. The minimum absolute atomic E-state index is 0.244. The Balaban J connectivity index is 2.11. The third-order valence-electron chi connectivity index (χ3n) is 4.14. The van der Waals surface area contributed by atoms with E-state index >= 15 is 0 Å². The Labute approximate surface area is 148 Å². The highest BCUT2D eigenvalue weighted by Crippen LogP contribution is 2.36. The van der Waals surface area contributed by atoms with Crippen LogP contribution in [0.3, 0.4) is 0 Å². The molecule has 0 radical (unpaired) electrons. The van der Waals surface area contributed by atoms with Gasteiger partial charge in [0.2, 0.25) is 0 Å². The molecule has 0 aliphatic carbocycles. The summed E-state index contributed by atoms with van der Waals surface area (Å²) >= 11 is 0. The zero-order valence-electron chi connectivity index (χ0n) is 13.7. The first-order valence-electron chi connectivity index (χ1n) is 7.68. The molecule has 0 unspecified atom stereocenters. The number of fused-ring (bicyclic) bond motifs is 1. The van der Waals surface area contributed by atoms with Gasteiger partial charge < -0.3 is 9.84 Å². The summed E-state index contributed by atoms with van der Waals surface area (Å²) in [6.45, 7) is -0.251. The van der Waals surface area contributed by atoms with Crippen molar-refractivity contribution in [1.82, 2.24) is 0 Å². The maximum Gasteiger partial charge on any atom is 0.416 e. The summed E-state index contributed by atoms with van der Waals surface area (Å²) in [5.41, 5.74) is -0.200. The molecule has 0 saturated carbocycles. The number of hydrogen-bond donors (Lipinski definition) is 1. The topological polar surface area (TPSA) is 66.8 Å². The Bertz CT molecular complexity index is 928. The van der Waals surface area contributed by atoms with Crippen LogP contribution >= 0.6 is 0 Å². The van der Waals surface area contributed by atoms with Crippen LogP contribution in [0.25, 0.3) is 0 Å². The lowest BCUT2D eigenvalue weighted by atomic mass is 10.0. The van der Waals surface area contributed by atoms with Gasteiger partial charge in [-0.05, 0) is 29.8 Å². The first-order valence-corrected chi connectivity index (χ1v) is 9.12. The van der Waals surface area contributed by atoms with Crippen LogP contribution in [0, 0.1) is 0 Å². The predicted molar refractivity (Wildman–Crippen MR) is 88.7 cm³/mol. The summed E-state index contributed by atoms with van der Waals surface area (Å²) in [5.74, 6) is 0.407. The molecule has 2 aromatic carbocycles. The molecule has 9 heteroatoms. The molecule has 1 aliphatic heterocycles. The smallest absolute Gasteiger partial charge is 0.416 e. The summed E-state index contributed by atoms with van der Waals surface area (Å²) in [4.78, 5) is -0.491. The monoisotopic (exact) mass is 387 g/mol. The molecule has 0 amide bonds. The Morgan fingerprint density at radius 2 is 1.92 bits per heavy atom. The molecule has 26 heavy (non-hydrogen) atoms. The Morgan fingerprint density at radius 1 is 1.19 bits per heavy atom. The van der Waals surface area contributed by atoms with Gasteiger partial charge in [0.05, 0.1) is 35.9 Å². The molecular weight excluding hydrogens is 371 g/mol. The average Bonchev–Trinajstić information content (AvgIpc) is 2.60. The number of β-amino-alcohol motifs (C(OH)–C–C–N with tert-alkyl or cyclic N) is 1. The predicted octanol–water partition coefficient (Wildman–Crippen LogP) is 2.83. The summed E-state index contributed by atoms with van der Waals surface area (Å²) in [6.07, 6.45) is -5.38. The molecule has 0 saturated heterocycles. The van der Waals surface area contributed by atoms with Crippen molar-refractivity contribution in [2.24, 2.45) is 0 Å². The van der Waals surface area contributed by atoms with E-state index in [0.717, 1.165) is 22.5 Å². The van der Waals surface area contributed by atoms with Gasteiger partial charge >= 0.3 is 6.18 Å². The van der Waals surface area contributed by atoms with E-state index in [0.29, 0.717) is 17.4 Å². The first kappa shape index (κ1) is 18.5. The van der Waals surface area contributed by atoms with Gasteiger partial charge in [-0.2, -0.15) is 13.2 Å². The molecule has 0 fully saturated rings. The number of ether oxygens (including phenoxy) is 1. The number of aliphatic hydroxyl groups is 1. The molecule has 3 rings (SSSR count). The van der Waals surface area contributed by atoms with E-state index in [9.17, 15) is 26.7 Å². The number of rotatable bonds is 3. The fourth-order valence-corrected chi connectivity index (χ4v) is 4.45. The molecular formula is C17H16F3NO4S. The lowest BCUT2D eigenvalue weighted by Gasteiger charge is -2.33. The third-order valence-corrected chi connectivity index (χ3v) is 5.92. The van der Waals surface area contributed by atoms with Crippen LogP contribution in [-0.4, -0.2) is 33.3 Å². The summed E-state index contributed by atoms with van der Waals surface area (Å²) < 4.78 is 70.8. The van der Waals surface area contributed by atoms with Crippen molar-refractivity contribution in [3.05, 3.63) is 53.6 Å². The fraction of sp³-hybridized carbons (Fsp3) is 0.294. The van der Waals surface area contributed by atoms with E-state index in [2.05, 4.69) is 0 Å². The van der Waals surface area contributed by atoms with Crippen molar-refractivity contribution in [3.63, 3.8) is 0 Å². The van der Waals surface area contributed by atoms with Crippen LogP contribution < -0.4 is 9.04 Å². The van der Waals surface area contributed by atoms with Gasteiger partial charge in [-0.3, -0.25) is 4.31 Å². The molecule has 0 aromatic heterocycles. The van der Waals surface area contributed by atoms with Gasteiger partial charge in [0.1, 0.15) is 5.75 Å². The number of anilines is 1. The van der Waals surface area contributed by atoms with Gasteiger partial charge in [-0.1, -0.05) is 12.1 Å². The van der Waals surface area contributed by atoms with Crippen molar-refractivity contribution >= 4 is 15.7 Å². The van der Waals surface area contributed by atoms with Gasteiger partial charge in [0.15, 0.2) is 0 Å². The van der Waals surface area contributed by atoms with Crippen molar-refractivity contribution in [3.8, 4) is 5.75 Å². The SMILES string of the molecule is COc1ccc2c(c1)N(S(=O)(=O)c1cccc(C(F)(F)F)c1)C[C@H](O)C2. The molecule has 2 aromatic rings. The van der Waals surface area contributed by atoms with E-state index in [4.69, 9.17) is 4.74 Å². The number of halogens is 3. The van der Waals surface area contributed by atoms with Gasteiger partial charge in [-0.15, -0.1) is 0 Å². The van der Waals surface area contributed by atoms with Crippen LogP contribution in [-0.2, 0) is 22.6 Å². The second-order valence-corrected chi connectivity index (χ2v) is 7.78. The van der Waals surface area contributed by atoms with Crippen LogP contribution in [0.2, 0.25) is 0 Å². The van der Waals surface area contributed by atoms with E-state index in [-0.39, 0.29) is 18.7 Å². The van der Waals surface area contributed by atoms with Gasteiger partial charge in [0, 0.05) is 12.5 Å². The van der Waals surface area contributed by atoms with Crippen molar-refractivity contribution < 1.29 is 31.4 Å². The molecule has 1 heterocycles. The molecule has 1 atom stereocenters. The van der Waals surface area contributed by atoms with Gasteiger partial charge in [-0.25, -0.2) is 8.42 Å². The van der Waals surface area contributed by atoms with E-state index in [1.165, 1.54) is 13.2 Å². The highest BCUT2D eigenvalue weighted by molar-refractivity contribution is 7.92. The lowest BCUT2D eigenvalue weighted by Crippen LogP contribution is -2.42. The van der Waals surface area contributed by atoms with Crippen LogP contribution in [0.1, 0.15) is 11.1 Å². The number of nitrogens with zero attached hydrogens (tertiary/aromatic N) is 1. The van der Waals surface area contributed by atoms with Crippen LogP contribution in [0.5, 0.6) is 5.75 Å². The number of hydrogen-bond acceptors (Lipinski definition) is 4. The Kier molecular flexibility index (Phi) is 4.61. The largest absolute Gasteiger partial charge is 0.497 e. The molecule has 1 aliphatic rings. The Morgan fingerprint density at radius 3 is 2.58 bits per heavy atom. The summed E-state index contributed by atoms with van der Waals surface area (Å²) in [6, 6.07) is 8.30. The minimum Gasteiger partial charge on any atom is -0.497 e. The van der Waals surface area contributed by atoms with Crippen molar-refractivity contribution in [1.29, 1.82) is 0 Å². The minimum atomic E-state index is -4.66. The third kappa shape index (κ3) is 3.36. The summed E-state index contributed by atoms with van der Waals surface area (Å²) in [5, 5.41) is 10.0. The highest BCUT2D eigenvalue weighted by atomic mass is 32.2. The summed E-state index contributed by atoms with van der Waals surface area (Å²) in [7, 11) is -2.88. The van der Waals surface area contributed by atoms with Crippen molar-refractivity contribution in [2.75, 3.05) is 18.0 Å². The number of alkyl halides is 3. The van der Waals surface area contributed by atoms with E-state index in [1.807, 2.05) is 0 Å². The zero-order chi connectivity index (χ0) is 19.1. The number of sulfonamides is 1. The zero-order valence-corrected chi connectivity index (χ0v) is 14.5. The Hall–Kier alpha value is -2.26. The maximum atomic E-state index is 13.0. The first-order chi connectivity index (χ1) is 12.1. The molecule has 0 spiro atoms. The maximum absolute atomic E-state index is 13.0. The van der Waals surface area contributed by atoms with E-state index in [1.54, 1.807) is 12.1 Å². The quantitative estimate of drug-likeness (QED) is 0.880. The van der Waals surface area contributed by atoms with Crippen LogP contribution in [0.4, 0.5) is 18.9 Å².